The number of aromatic nitrogens is 3. The fraction of sp³-hybridized carbons (Fsp3) is 0.692. The molecule has 1 unspecified atom stereocenters. The summed E-state index contributed by atoms with van der Waals surface area (Å²) >= 11 is 0. The number of hydrogen-bond donors (Lipinski definition) is 2. The normalized spacial score (nSPS) is 26.4. The summed E-state index contributed by atoms with van der Waals surface area (Å²) in [4.78, 5) is 25.6. The number of piperidine rings is 1. The van der Waals surface area contributed by atoms with Crippen LogP contribution < -0.4 is 5.32 Å². The van der Waals surface area contributed by atoms with Crippen LogP contribution in [0.2, 0.25) is 0 Å². The Kier molecular flexibility index (Phi) is 3.40. The van der Waals surface area contributed by atoms with Crippen LogP contribution in [0.5, 0.6) is 0 Å². The number of carboxylic acid groups (broad SMARTS) is 1. The first-order valence-corrected chi connectivity index (χ1v) is 7.20. The van der Waals surface area contributed by atoms with Crippen molar-refractivity contribution in [1.29, 1.82) is 0 Å². The van der Waals surface area contributed by atoms with E-state index in [4.69, 9.17) is 0 Å². The Labute approximate surface area is 122 Å². The van der Waals surface area contributed by atoms with Crippen LogP contribution in [-0.2, 0) is 4.79 Å². The molecular formula is C13H19N5O3. The van der Waals surface area contributed by atoms with Crippen LogP contribution in [0.15, 0.2) is 6.20 Å². The minimum atomic E-state index is -1.16. The quantitative estimate of drug-likeness (QED) is 0.806. The molecule has 3 rings (SSSR count). The van der Waals surface area contributed by atoms with Crippen molar-refractivity contribution in [3.05, 3.63) is 11.9 Å². The van der Waals surface area contributed by atoms with E-state index in [2.05, 4.69) is 15.6 Å². The van der Waals surface area contributed by atoms with E-state index in [1.807, 2.05) is 0 Å². The van der Waals surface area contributed by atoms with E-state index < -0.39 is 11.5 Å². The zero-order chi connectivity index (χ0) is 15.0. The summed E-state index contributed by atoms with van der Waals surface area (Å²) in [5, 5.41) is 20.5. The fourth-order valence-corrected chi connectivity index (χ4v) is 2.82. The van der Waals surface area contributed by atoms with Crippen LogP contribution in [0.1, 0.15) is 42.7 Å². The van der Waals surface area contributed by atoms with Crippen molar-refractivity contribution in [2.45, 2.75) is 37.8 Å². The molecule has 0 spiro atoms. The van der Waals surface area contributed by atoms with Gasteiger partial charge in [-0.15, -0.1) is 5.10 Å². The van der Waals surface area contributed by atoms with Gasteiger partial charge in [-0.1, -0.05) is 5.21 Å². The van der Waals surface area contributed by atoms with Gasteiger partial charge in [0.2, 0.25) is 0 Å². The first-order chi connectivity index (χ1) is 10.0. The lowest BCUT2D eigenvalue weighted by atomic mass is 9.88. The summed E-state index contributed by atoms with van der Waals surface area (Å²) in [7, 11) is 0. The number of nitrogens with one attached hydrogen (secondary N) is 1. The van der Waals surface area contributed by atoms with Crippen molar-refractivity contribution in [1.82, 2.24) is 25.2 Å². The van der Waals surface area contributed by atoms with Crippen molar-refractivity contribution < 1.29 is 14.7 Å². The second-order valence-electron chi connectivity index (χ2n) is 5.89. The number of carboxylic acids is 1. The van der Waals surface area contributed by atoms with Gasteiger partial charge in [0.1, 0.15) is 5.54 Å². The molecule has 0 aromatic carbocycles. The number of amides is 1. The Hall–Kier alpha value is -1.96. The average Bonchev–Trinajstić information content (AvgIpc) is 2.85. The number of nitrogens with zero attached hydrogens (tertiary/aromatic N) is 4. The van der Waals surface area contributed by atoms with Crippen molar-refractivity contribution >= 4 is 11.9 Å². The van der Waals surface area contributed by atoms with Crippen molar-refractivity contribution in [2.75, 3.05) is 19.6 Å². The molecule has 2 saturated heterocycles. The monoisotopic (exact) mass is 293 g/mol. The van der Waals surface area contributed by atoms with Gasteiger partial charge in [0, 0.05) is 19.6 Å². The molecule has 2 aliphatic heterocycles. The molecule has 0 bridgehead atoms. The first kappa shape index (κ1) is 14.0. The molecule has 2 N–H and O–H groups in total. The van der Waals surface area contributed by atoms with Crippen molar-refractivity contribution in [3.8, 4) is 0 Å². The Balaban J connectivity index is 1.82. The smallest absolute Gasteiger partial charge is 0.329 e. The molecule has 21 heavy (non-hydrogen) atoms. The zero-order valence-electron chi connectivity index (χ0n) is 11.9. The number of carbonyl (C=O) groups excluding carboxylic acids is 1. The molecular weight excluding hydrogens is 274 g/mol. The Morgan fingerprint density at radius 2 is 2.19 bits per heavy atom. The number of rotatable bonds is 3. The van der Waals surface area contributed by atoms with E-state index in [1.165, 1.54) is 4.90 Å². The van der Waals surface area contributed by atoms with Crippen LogP contribution in [0.3, 0.4) is 0 Å². The standard InChI is InChI=1S/C13H19N5O3/c1-13(12(20)21)4-2-3-5-17(13)11(19)10-8-18(16-15-10)9-6-14-7-9/h8-9,14H,2-7H2,1H3,(H,20,21). The van der Waals surface area contributed by atoms with Gasteiger partial charge in [0.25, 0.3) is 5.91 Å². The van der Waals surface area contributed by atoms with Crippen molar-refractivity contribution in [2.24, 2.45) is 0 Å². The summed E-state index contributed by atoms with van der Waals surface area (Å²) in [6, 6.07) is 0.228. The van der Waals surface area contributed by atoms with Crippen LogP contribution >= 0.6 is 0 Å². The van der Waals surface area contributed by atoms with Gasteiger partial charge in [-0.25, -0.2) is 9.48 Å². The number of carbonyl (C=O) groups is 2. The Morgan fingerprint density at radius 1 is 1.43 bits per heavy atom. The maximum absolute atomic E-state index is 12.6. The molecule has 3 heterocycles. The van der Waals surface area contributed by atoms with E-state index in [0.29, 0.717) is 13.0 Å². The molecule has 114 valence electrons. The number of aliphatic carboxylic acids is 1. The Morgan fingerprint density at radius 3 is 2.81 bits per heavy atom. The van der Waals surface area contributed by atoms with Crippen LogP contribution in [-0.4, -0.2) is 62.0 Å². The fourth-order valence-electron chi connectivity index (χ4n) is 2.82. The van der Waals surface area contributed by atoms with Gasteiger partial charge in [0.05, 0.1) is 12.2 Å². The molecule has 8 nitrogen and oxygen atoms in total. The van der Waals surface area contributed by atoms with Gasteiger partial charge >= 0.3 is 5.97 Å². The zero-order valence-corrected chi connectivity index (χ0v) is 11.9. The molecule has 1 aromatic rings. The van der Waals surface area contributed by atoms with E-state index >= 15 is 0 Å². The predicted octanol–water partition coefficient (Wildman–Crippen LogP) is -0.108. The number of likely N-dealkylation sites (tertiary alicyclic amines) is 1. The van der Waals surface area contributed by atoms with Crippen LogP contribution in [0.4, 0.5) is 0 Å². The highest BCUT2D eigenvalue weighted by molar-refractivity contribution is 5.96. The topological polar surface area (TPSA) is 100 Å². The lowest BCUT2D eigenvalue weighted by Gasteiger charge is -2.41. The lowest BCUT2D eigenvalue weighted by Crippen LogP contribution is -2.57. The summed E-state index contributed by atoms with van der Waals surface area (Å²) in [6.45, 7) is 3.67. The third-order valence-corrected chi connectivity index (χ3v) is 4.46. The van der Waals surface area contributed by atoms with Gasteiger partial charge in [-0.3, -0.25) is 4.79 Å². The summed E-state index contributed by atoms with van der Waals surface area (Å²) < 4.78 is 1.67. The summed E-state index contributed by atoms with van der Waals surface area (Å²) in [5.74, 6) is -1.32. The first-order valence-electron chi connectivity index (χ1n) is 7.20. The maximum Gasteiger partial charge on any atom is 0.329 e. The molecule has 1 aromatic heterocycles. The second-order valence-corrected chi connectivity index (χ2v) is 5.89. The van der Waals surface area contributed by atoms with Gasteiger partial charge in [-0.2, -0.15) is 0 Å². The average molecular weight is 293 g/mol. The SMILES string of the molecule is CC1(C(=O)O)CCCCN1C(=O)c1cn(C2CNC2)nn1. The molecule has 8 heteroatoms. The van der Waals surface area contributed by atoms with Gasteiger partial charge in [-0.05, 0) is 26.2 Å². The lowest BCUT2D eigenvalue weighted by molar-refractivity contribution is -0.150. The highest BCUT2D eigenvalue weighted by atomic mass is 16.4. The largest absolute Gasteiger partial charge is 0.480 e. The highest BCUT2D eigenvalue weighted by Crippen LogP contribution is 2.29. The molecule has 0 aliphatic carbocycles. The highest BCUT2D eigenvalue weighted by Gasteiger charge is 2.44. The minimum absolute atomic E-state index is 0.219. The van der Waals surface area contributed by atoms with Crippen molar-refractivity contribution in [3.63, 3.8) is 0 Å². The van der Waals surface area contributed by atoms with Crippen LogP contribution in [0.25, 0.3) is 0 Å². The molecule has 1 amide bonds. The van der Waals surface area contributed by atoms with Gasteiger partial charge in [0.15, 0.2) is 5.69 Å². The predicted molar refractivity (Wildman–Crippen MR) is 72.9 cm³/mol. The molecule has 0 saturated carbocycles. The van der Waals surface area contributed by atoms with E-state index in [1.54, 1.807) is 17.8 Å². The molecule has 2 aliphatic rings. The Bertz CT molecular complexity index is 568. The maximum atomic E-state index is 12.6. The van der Waals surface area contributed by atoms with Gasteiger partial charge < -0.3 is 15.3 Å². The molecule has 1 atom stereocenters. The molecule has 0 radical (unpaired) electrons. The number of hydrogen-bond acceptors (Lipinski definition) is 5. The minimum Gasteiger partial charge on any atom is -0.480 e. The van der Waals surface area contributed by atoms with E-state index in [9.17, 15) is 14.7 Å². The second kappa shape index (κ2) is 5.10. The summed E-state index contributed by atoms with van der Waals surface area (Å²) in [5.41, 5.74) is -0.937. The third kappa shape index (κ3) is 2.29. The van der Waals surface area contributed by atoms with E-state index in [0.717, 1.165) is 25.9 Å². The van der Waals surface area contributed by atoms with E-state index in [-0.39, 0.29) is 17.6 Å². The molecule has 2 fully saturated rings. The van der Waals surface area contributed by atoms with Crippen LogP contribution in [0, 0.1) is 0 Å². The summed E-state index contributed by atoms with van der Waals surface area (Å²) in [6.07, 6.45) is 3.71. The third-order valence-electron chi connectivity index (χ3n) is 4.46.